The summed E-state index contributed by atoms with van der Waals surface area (Å²) in [6.45, 7) is 1.67. The minimum atomic E-state index is -0.755. The van der Waals surface area contributed by atoms with E-state index < -0.39 is 23.9 Å². The molecule has 39 heavy (non-hydrogen) atoms. The van der Waals surface area contributed by atoms with Crippen molar-refractivity contribution in [1.29, 1.82) is 0 Å². The van der Waals surface area contributed by atoms with Crippen molar-refractivity contribution >= 4 is 23.4 Å². The molecule has 2 saturated heterocycles. The summed E-state index contributed by atoms with van der Waals surface area (Å²) in [5, 5.41) is 9.67. The third-order valence-electron chi connectivity index (χ3n) is 7.81. The second kappa shape index (κ2) is 10.4. The summed E-state index contributed by atoms with van der Waals surface area (Å²) in [4.78, 5) is 47.5. The maximum Gasteiger partial charge on any atom is 0.268 e. The van der Waals surface area contributed by atoms with E-state index in [0.29, 0.717) is 63.1 Å². The lowest BCUT2D eigenvalue weighted by Crippen LogP contribution is -2.45. The van der Waals surface area contributed by atoms with E-state index in [2.05, 4.69) is 4.98 Å². The number of hydrogen-bond donors (Lipinski definition) is 1. The molecule has 0 spiro atoms. The largest absolute Gasteiger partial charge is 0.479 e. The zero-order valence-corrected chi connectivity index (χ0v) is 21.6. The Bertz CT molecular complexity index is 1280. The van der Waals surface area contributed by atoms with Crippen LogP contribution in [0, 0.1) is 11.7 Å². The number of amides is 3. The van der Waals surface area contributed by atoms with Crippen molar-refractivity contribution in [1.82, 2.24) is 14.8 Å². The summed E-state index contributed by atoms with van der Waals surface area (Å²) in [6, 6.07) is 6.20. The summed E-state index contributed by atoms with van der Waals surface area (Å²) in [6.07, 6.45) is 4.14. The molecule has 3 fully saturated rings. The highest BCUT2D eigenvalue weighted by molar-refractivity contribution is 6.04. The maximum atomic E-state index is 15.1. The van der Waals surface area contributed by atoms with Crippen LogP contribution in [0.25, 0.3) is 0 Å². The molecule has 1 N–H and O–H groups in total. The van der Waals surface area contributed by atoms with Crippen LogP contribution in [0.1, 0.15) is 48.0 Å². The number of halogens is 1. The van der Waals surface area contributed by atoms with Gasteiger partial charge in [-0.1, -0.05) is 0 Å². The van der Waals surface area contributed by atoms with Crippen LogP contribution in [0.4, 0.5) is 10.1 Å². The van der Waals surface area contributed by atoms with E-state index in [9.17, 15) is 19.5 Å². The molecule has 4 aliphatic rings. The lowest BCUT2D eigenvalue weighted by molar-refractivity contribution is -0.134. The molecular weight excluding hydrogens is 507 g/mol. The third kappa shape index (κ3) is 5.40. The van der Waals surface area contributed by atoms with Gasteiger partial charge in [0.05, 0.1) is 25.5 Å². The van der Waals surface area contributed by atoms with Gasteiger partial charge in [0, 0.05) is 48.9 Å². The van der Waals surface area contributed by atoms with Gasteiger partial charge in [0.2, 0.25) is 11.8 Å². The Labute approximate surface area is 225 Å². The van der Waals surface area contributed by atoms with E-state index in [1.54, 1.807) is 17.0 Å². The van der Waals surface area contributed by atoms with E-state index >= 15 is 4.39 Å². The van der Waals surface area contributed by atoms with Crippen LogP contribution >= 0.6 is 0 Å². The number of carbonyl (C=O) groups is 3. The summed E-state index contributed by atoms with van der Waals surface area (Å²) in [5.74, 6) is -0.0143. The van der Waals surface area contributed by atoms with E-state index in [0.717, 1.165) is 0 Å². The van der Waals surface area contributed by atoms with Gasteiger partial charge in [-0.25, -0.2) is 9.37 Å². The van der Waals surface area contributed by atoms with Crippen LogP contribution < -0.4 is 14.4 Å². The molecule has 206 valence electrons. The number of nitrogens with zero attached hydrogens (tertiary/aromatic N) is 4. The number of carbonyl (C=O) groups excluding carboxylic acids is 3. The third-order valence-corrected chi connectivity index (χ3v) is 7.81. The highest BCUT2D eigenvalue weighted by Crippen LogP contribution is 2.33. The first-order valence-corrected chi connectivity index (χ1v) is 13.5. The lowest BCUT2D eigenvalue weighted by atomic mass is 10.1. The molecule has 10 nitrogen and oxygen atoms in total. The van der Waals surface area contributed by atoms with Crippen molar-refractivity contribution in [3.8, 4) is 11.6 Å². The predicted molar refractivity (Wildman–Crippen MR) is 137 cm³/mol. The number of fused-ring (bicyclic) bond motifs is 1. The molecule has 3 aliphatic heterocycles. The molecular formula is C28H31FN4O6. The number of pyridine rings is 1. The Morgan fingerprint density at radius 3 is 2.59 bits per heavy atom. The fraction of sp³-hybridized carbons (Fsp3) is 0.500. The fourth-order valence-electron chi connectivity index (χ4n) is 5.26. The average Bonchev–Trinajstić information content (AvgIpc) is 3.63. The molecule has 0 radical (unpaired) electrons. The lowest BCUT2D eigenvalue weighted by Gasteiger charge is -2.30. The molecule has 11 heteroatoms. The van der Waals surface area contributed by atoms with Crippen molar-refractivity contribution in [3.05, 3.63) is 47.4 Å². The number of benzene rings is 1. The number of aliphatic hydroxyl groups is 1. The normalized spacial score (nSPS) is 21.5. The average molecular weight is 539 g/mol. The molecule has 0 bridgehead atoms. The number of aromatic nitrogens is 1. The van der Waals surface area contributed by atoms with Crippen LogP contribution in [-0.4, -0.2) is 82.6 Å². The van der Waals surface area contributed by atoms with Gasteiger partial charge in [0.15, 0.2) is 6.10 Å². The highest BCUT2D eigenvalue weighted by atomic mass is 19.1. The Hall–Kier alpha value is -3.73. The SMILES string of the molecule is O=C(CN1Cc2c(F)cc(N3CCC(Oc4ccc(OCC5CC5)nc4)C3=O)cc2C1=O)N1CCC(O)CC1. The first-order valence-electron chi connectivity index (χ1n) is 13.5. The number of aliphatic hydroxyl groups excluding tert-OH is 1. The molecule has 1 saturated carbocycles. The molecule has 2 aromatic rings. The van der Waals surface area contributed by atoms with Gasteiger partial charge in [-0.2, -0.15) is 0 Å². The van der Waals surface area contributed by atoms with Gasteiger partial charge in [0.1, 0.15) is 18.1 Å². The second-order valence-electron chi connectivity index (χ2n) is 10.7. The Morgan fingerprint density at radius 1 is 1.08 bits per heavy atom. The van der Waals surface area contributed by atoms with Gasteiger partial charge in [-0.3, -0.25) is 14.4 Å². The summed E-state index contributed by atoms with van der Waals surface area (Å²) in [5.41, 5.74) is 0.672. The minimum Gasteiger partial charge on any atom is -0.479 e. The van der Waals surface area contributed by atoms with Gasteiger partial charge < -0.3 is 29.3 Å². The zero-order valence-electron chi connectivity index (χ0n) is 21.6. The molecule has 3 amide bonds. The molecule has 6 rings (SSSR count). The van der Waals surface area contributed by atoms with Gasteiger partial charge in [0.25, 0.3) is 11.8 Å². The summed E-state index contributed by atoms with van der Waals surface area (Å²) < 4.78 is 26.6. The van der Waals surface area contributed by atoms with Gasteiger partial charge >= 0.3 is 0 Å². The maximum absolute atomic E-state index is 15.1. The van der Waals surface area contributed by atoms with Crippen LogP contribution in [0.3, 0.4) is 0 Å². The number of anilines is 1. The van der Waals surface area contributed by atoms with Crippen molar-refractivity contribution in [2.75, 3.05) is 37.7 Å². The molecule has 1 atom stereocenters. The van der Waals surface area contributed by atoms with Crippen LogP contribution in [0.15, 0.2) is 30.5 Å². The Kier molecular flexibility index (Phi) is 6.84. The van der Waals surface area contributed by atoms with Crippen molar-refractivity contribution in [2.45, 2.75) is 50.9 Å². The minimum absolute atomic E-state index is 0.00443. The van der Waals surface area contributed by atoms with Crippen LogP contribution in [-0.2, 0) is 16.1 Å². The van der Waals surface area contributed by atoms with Crippen molar-refractivity contribution in [2.24, 2.45) is 5.92 Å². The Balaban J connectivity index is 1.09. The molecule has 1 unspecified atom stereocenters. The Morgan fingerprint density at radius 2 is 1.87 bits per heavy atom. The number of hydrogen-bond acceptors (Lipinski definition) is 7. The number of ether oxygens (including phenoxy) is 2. The molecule has 1 aromatic heterocycles. The molecule has 1 aliphatic carbocycles. The van der Waals surface area contributed by atoms with E-state index in [1.807, 2.05) is 0 Å². The van der Waals surface area contributed by atoms with Crippen LogP contribution in [0.2, 0.25) is 0 Å². The molecule has 4 heterocycles. The monoisotopic (exact) mass is 538 g/mol. The topological polar surface area (TPSA) is 113 Å². The van der Waals surface area contributed by atoms with Gasteiger partial charge in [-0.15, -0.1) is 0 Å². The van der Waals surface area contributed by atoms with Crippen molar-refractivity contribution in [3.63, 3.8) is 0 Å². The number of likely N-dealkylation sites (tertiary alicyclic amines) is 1. The second-order valence-corrected chi connectivity index (χ2v) is 10.7. The van der Waals surface area contributed by atoms with Crippen molar-refractivity contribution < 1.29 is 33.4 Å². The first kappa shape index (κ1) is 25.5. The van der Waals surface area contributed by atoms with E-state index in [1.165, 1.54) is 41.0 Å². The standard InChI is InChI=1S/C28H31FN4O6/c29-23-12-18(11-21-22(23)14-32(27(21)36)15-26(35)31-8-5-19(34)6-9-31)33-10-7-24(28(33)37)39-20-3-4-25(30-13-20)38-16-17-1-2-17/h3-4,11-13,17,19,24,34H,1-2,5-10,14-16H2. The zero-order chi connectivity index (χ0) is 27.1. The first-order chi connectivity index (χ1) is 18.9. The summed E-state index contributed by atoms with van der Waals surface area (Å²) >= 11 is 0. The van der Waals surface area contributed by atoms with E-state index in [4.69, 9.17) is 9.47 Å². The van der Waals surface area contributed by atoms with Gasteiger partial charge in [-0.05, 0) is 49.8 Å². The molecule has 1 aromatic carbocycles. The predicted octanol–water partition coefficient (Wildman–Crippen LogP) is 2.13. The summed E-state index contributed by atoms with van der Waals surface area (Å²) in [7, 11) is 0. The fourth-order valence-corrected chi connectivity index (χ4v) is 5.26. The number of rotatable bonds is 8. The quantitative estimate of drug-likeness (QED) is 0.548. The smallest absolute Gasteiger partial charge is 0.268 e. The highest BCUT2D eigenvalue weighted by Gasteiger charge is 2.38. The number of piperidine rings is 1. The van der Waals surface area contributed by atoms with Crippen LogP contribution in [0.5, 0.6) is 11.6 Å². The van der Waals surface area contributed by atoms with E-state index in [-0.39, 0.29) is 41.7 Å².